The lowest BCUT2D eigenvalue weighted by Gasteiger charge is -2.24. The van der Waals surface area contributed by atoms with Crippen molar-refractivity contribution in [2.24, 2.45) is 0 Å². The van der Waals surface area contributed by atoms with Crippen LogP contribution in [0.5, 0.6) is 0 Å². The Morgan fingerprint density at radius 2 is 0.823 bits per heavy atom. The SMILES string of the molecule is CCCCCCCC/C=C\CCCCCCCCCC(=O)O[C@H](COC(=O)CCCCCCCCCCCCCCCCCCCCCCC)COP(=O)(O)OCC[N+](C)(C)C. The minimum atomic E-state index is -4.38. The molecule has 0 saturated carbocycles. The number of carbonyl (C=O) groups excluding carboxylic acids is 2. The molecule has 9 nitrogen and oxygen atoms in total. The molecule has 0 fully saturated rings. The lowest BCUT2D eigenvalue weighted by molar-refractivity contribution is -0.870. The van der Waals surface area contributed by atoms with Crippen LogP contribution in [0.25, 0.3) is 0 Å². The van der Waals surface area contributed by atoms with Crippen LogP contribution in [0.1, 0.15) is 258 Å². The molecule has 0 aliphatic heterocycles. The van der Waals surface area contributed by atoms with E-state index in [9.17, 15) is 19.0 Å². The Bertz CT molecular complexity index is 1060. The average molecular weight is 901 g/mol. The van der Waals surface area contributed by atoms with Crippen LogP contribution in [-0.2, 0) is 32.7 Å². The number of rotatable bonds is 49. The average Bonchev–Trinajstić information content (AvgIpc) is 3.23. The van der Waals surface area contributed by atoms with Crippen molar-refractivity contribution in [2.45, 2.75) is 264 Å². The van der Waals surface area contributed by atoms with Crippen LogP contribution in [0.4, 0.5) is 0 Å². The van der Waals surface area contributed by atoms with Gasteiger partial charge in [-0.25, -0.2) is 4.57 Å². The Kier molecular flexibility index (Phi) is 44.0. The number of phosphoric acid groups is 1. The van der Waals surface area contributed by atoms with Crippen LogP contribution in [0, 0.1) is 0 Å². The summed E-state index contributed by atoms with van der Waals surface area (Å²) in [5.41, 5.74) is 0. The molecule has 0 aromatic carbocycles. The number of nitrogens with zero attached hydrogens (tertiary/aromatic N) is 1. The summed E-state index contributed by atoms with van der Waals surface area (Å²) in [5.74, 6) is -0.787. The highest BCUT2D eigenvalue weighted by Crippen LogP contribution is 2.43. The van der Waals surface area contributed by atoms with Crippen LogP contribution in [-0.4, -0.2) is 74.9 Å². The van der Waals surface area contributed by atoms with E-state index in [0.717, 1.165) is 44.9 Å². The molecule has 0 aromatic heterocycles. The fraction of sp³-hybridized carbons (Fsp3) is 0.923. The maximum atomic E-state index is 12.7. The molecule has 10 heteroatoms. The van der Waals surface area contributed by atoms with Crippen molar-refractivity contribution in [3.05, 3.63) is 12.2 Å². The number of esters is 2. The predicted molar refractivity (Wildman–Crippen MR) is 261 cm³/mol. The van der Waals surface area contributed by atoms with E-state index in [0.29, 0.717) is 23.9 Å². The van der Waals surface area contributed by atoms with Gasteiger partial charge in [-0.15, -0.1) is 0 Å². The summed E-state index contributed by atoms with van der Waals surface area (Å²) >= 11 is 0. The number of phosphoric ester groups is 1. The number of allylic oxidation sites excluding steroid dienone is 2. The monoisotopic (exact) mass is 901 g/mol. The normalized spacial score (nSPS) is 13.5. The van der Waals surface area contributed by atoms with Gasteiger partial charge >= 0.3 is 19.8 Å². The second kappa shape index (κ2) is 44.9. The molecule has 2 atom stereocenters. The van der Waals surface area contributed by atoms with Gasteiger partial charge in [-0.05, 0) is 38.5 Å². The van der Waals surface area contributed by atoms with Crippen molar-refractivity contribution in [1.29, 1.82) is 0 Å². The molecule has 0 bridgehead atoms. The van der Waals surface area contributed by atoms with Gasteiger partial charge in [0, 0.05) is 12.8 Å². The fourth-order valence-corrected chi connectivity index (χ4v) is 8.40. The minimum absolute atomic E-state index is 0.0343. The van der Waals surface area contributed by atoms with Crippen molar-refractivity contribution in [2.75, 3.05) is 47.5 Å². The van der Waals surface area contributed by atoms with Crippen molar-refractivity contribution in [3.8, 4) is 0 Å². The molecule has 0 aliphatic carbocycles. The standard InChI is InChI=1S/C52H102NO8P/c1-6-8-10-12-14-16-18-20-22-24-25-26-27-29-30-32-34-36-38-40-42-44-51(54)58-48-50(49-60-62(56,57)59-47-46-53(3,4)5)61-52(55)45-43-41-39-37-35-33-31-28-23-21-19-17-15-13-11-9-7-2/h21,23,50H,6-20,22,24-49H2,1-5H3/p+1/b23-21-/t50-/m1/s1. The lowest BCUT2D eigenvalue weighted by Crippen LogP contribution is -2.37. The Hall–Kier alpha value is -1.25. The van der Waals surface area contributed by atoms with Gasteiger partial charge in [-0.3, -0.25) is 18.6 Å². The molecule has 0 aliphatic rings. The Morgan fingerprint density at radius 3 is 1.19 bits per heavy atom. The third kappa shape index (κ3) is 48.2. The summed E-state index contributed by atoms with van der Waals surface area (Å²) in [5, 5.41) is 0. The Labute approximate surface area is 384 Å². The maximum Gasteiger partial charge on any atom is 0.472 e. The highest BCUT2D eigenvalue weighted by molar-refractivity contribution is 7.47. The third-order valence-corrected chi connectivity index (χ3v) is 12.8. The Balaban J connectivity index is 4.19. The smallest absolute Gasteiger partial charge is 0.462 e. The van der Waals surface area contributed by atoms with E-state index in [-0.39, 0.29) is 25.6 Å². The molecule has 0 aromatic rings. The molecule has 0 radical (unpaired) electrons. The zero-order valence-corrected chi connectivity index (χ0v) is 42.5. The lowest BCUT2D eigenvalue weighted by atomic mass is 10.0. The van der Waals surface area contributed by atoms with Gasteiger partial charge in [0.2, 0.25) is 0 Å². The summed E-state index contributed by atoms with van der Waals surface area (Å²) in [4.78, 5) is 35.6. The zero-order valence-electron chi connectivity index (χ0n) is 41.6. The van der Waals surface area contributed by atoms with Crippen LogP contribution < -0.4 is 0 Å². The van der Waals surface area contributed by atoms with Gasteiger partial charge in [0.05, 0.1) is 27.7 Å². The van der Waals surface area contributed by atoms with Crippen LogP contribution >= 0.6 is 7.82 Å². The molecular formula is C52H103NO8P+. The molecule has 62 heavy (non-hydrogen) atoms. The van der Waals surface area contributed by atoms with Crippen molar-refractivity contribution in [3.63, 3.8) is 0 Å². The van der Waals surface area contributed by atoms with Gasteiger partial charge in [0.1, 0.15) is 19.8 Å². The van der Waals surface area contributed by atoms with Crippen LogP contribution in [0.2, 0.25) is 0 Å². The van der Waals surface area contributed by atoms with E-state index < -0.39 is 26.5 Å². The van der Waals surface area contributed by atoms with E-state index >= 15 is 0 Å². The molecule has 1 unspecified atom stereocenters. The number of ether oxygens (including phenoxy) is 2. The van der Waals surface area contributed by atoms with Crippen LogP contribution in [0.3, 0.4) is 0 Å². The number of carbonyl (C=O) groups is 2. The number of unbranched alkanes of at least 4 members (excludes halogenated alkanes) is 33. The molecular weight excluding hydrogens is 798 g/mol. The van der Waals surface area contributed by atoms with Crippen molar-refractivity contribution >= 4 is 19.8 Å². The Morgan fingerprint density at radius 1 is 0.484 bits per heavy atom. The minimum Gasteiger partial charge on any atom is -0.462 e. The molecule has 1 N–H and O–H groups in total. The van der Waals surface area contributed by atoms with E-state index in [2.05, 4.69) is 26.0 Å². The van der Waals surface area contributed by atoms with E-state index in [4.69, 9.17) is 18.5 Å². The van der Waals surface area contributed by atoms with Crippen molar-refractivity contribution < 1.29 is 42.1 Å². The molecule has 0 rings (SSSR count). The second-order valence-electron chi connectivity index (χ2n) is 19.3. The zero-order chi connectivity index (χ0) is 45.7. The first-order valence-corrected chi connectivity index (χ1v) is 27.9. The first-order chi connectivity index (χ1) is 30.0. The van der Waals surface area contributed by atoms with Gasteiger partial charge in [0.25, 0.3) is 0 Å². The fourth-order valence-electron chi connectivity index (χ4n) is 7.66. The molecule has 0 spiro atoms. The third-order valence-electron chi connectivity index (χ3n) is 11.8. The number of quaternary nitrogens is 1. The van der Waals surface area contributed by atoms with E-state index in [1.165, 1.54) is 180 Å². The molecule has 0 amide bonds. The van der Waals surface area contributed by atoms with E-state index in [1.54, 1.807) is 0 Å². The van der Waals surface area contributed by atoms with Crippen molar-refractivity contribution in [1.82, 2.24) is 0 Å². The highest BCUT2D eigenvalue weighted by atomic mass is 31.2. The summed E-state index contributed by atoms with van der Waals surface area (Å²) in [6, 6.07) is 0. The molecule has 0 saturated heterocycles. The summed E-state index contributed by atoms with van der Waals surface area (Å²) < 4.78 is 34.5. The van der Waals surface area contributed by atoms with E-state index in [1.807, 2.05) is 21.1 Å². The second-order valence-corrected chi connectivity index (χ2v) is 20.7. The van der Waals surface area contributed by atoms with Gasteiger partial charge < -0.3 is 18.9 Å². The largest absolute Gasteiger partial charge is 0.472 e. The molecule has 368 valence electrons. The molecule has 0 heterocycles. The number of hydrogen-bond acceptors (Lipinski definition) is 7. The first-order valence-electron chi connectivity index (χ1n) is 26.4. The van der Waals surface area contributed by atoms with Crippen LogP contribution in [0.15, 0.2) is 12.2 Å². The summed E-state index contributed by atoms with van der Waals surface area (Å²) in [7, 11) is 1.49. The summed E-state index contributed by atoms with van der Waals surface area (Å²) in [6.45, 7) is 4.47. The maximum absolute atomic E-state index is 12.7. The highest BCUT2D eigenvalue weighted by Gasteiger charge is 2.27. The number of likely N-dealkylation sites (N-methyl/N-ethyl adjacent to an activating group) is 1. The summed E-state index contributed by atoms with van der Waals surface area (Å²) in [6.07, 6.45) is 49.8. The number of hydrogen-bond donors (Lipinski definition) is 1. The topological polar surface area (TPSA) is 108 Å². The van der Waals surface area contributed by atoms with Gasteiger partial charge in [0.15, 0.2) is 6.10 Å². The first kappa shape index (κ1) is 60.8. The quantitative estimate of drug-likeness (QED) is 0.0211. The van der Waals surface area contributed by atoms with Gasteiger partial charge in [-0.2, -0.15) is 0 Å². The van der Waals surface area contributed by atoms with Gasteiger partial charge in [-0.1, -0.05) is 219 Å². The predicted octanol–water partition coefficient (Wildman–Crippen LogP) is 15.7.